The molecule has 0 aliphatic carbocycles. The average Bonchev–Trinajstić information content (AvgIpc) is 2.68. The van der Waals surface area contributed by atoms with E-state index in [-0.39, 0.29) is 0 Å². The Kier molecular flexibility index (Phi) is 5.94. The standard InChI is InChI=1S/C22H25N3/c1-2-18-12-14-19(15-13-18)16-23-21-10-6-7-11-22(21)25-17-24-20-8-4-3-5-9-20/h3-15,23-25H,2,16-17H2,1H3. The van der Waals surface area contributed by atoms with Gasteiger partial charge in [0.05, 0.1) is 18.0 Å². The lowest BCUT2D eigenvalue weighted by Gasteiger charge is -2.15. The first-order valence-electron chi connectivity index (χ1n) is 8.78. The summed E-state index contributed by atoms with van der Waals surface area (Å²) in [6.45, 7) is 3.67. The number of aryl methyl sites for hydroxylation is 1. The number of benzene rings is 3. The van der Waals surface area contributed by atoms with Gasteiger partial charge in [-0.2, -0.15) is 0 Å². The SMILES string of the molecule is CCc1ccc(CNc2ccccc2NCNc2ccccc2)cc1. The van der Waals surface area contributed by atoms with Crippen LogP contribution in [0.25, 0.3) is 0 Å². The van der Waals surface area contributed by atoms with Crippen molar-refractivity contribution in [2.45, 2.75) is 19.9 Å². The van der Waals surface area contributed by atoms with E-state index < -0.39 is 0 Å². The monoisotopic (exact) mass is 331 g/mol. The Balaban J connectivity index is 1.56. The van der Waals surface area contributed by atoms with Gasteiger partial charge in [-0.25, -0.2) is 0 Å². The van der Waals surface area contributed by atoms with Crippen molar-refractivity contribution >= 4 is 17.1 Å². The highest BCUT2D eigenvalue weighted by atomic mass is 15.1. The molecule has 0 saturated carbocycles. The van der Waals surface area contributed by atoms with Crippen LogP contribution in [-0.2, 0) is 13.0 Å². The van der Waals surface area contributed by atoms with Crippen molar-refractivity contribution in [1.82, 2.24) is 0 Å². The van der Waals surface area contributed by atoms with Crippen molar-refractivity contribution in [3.05, 3.63) is 90.0 Å². The van der Waals surface area contributed by atoms with Crippen LogP contribution < -0.4 is 16.0 Å². The maximum absolute atomic E-state index is 3.53. The molecule has 0 bridgehead atoms. The van der Waals surface area contributed by atoms with Crippen molar-refractivity contribution < 1.29 is 0 Å². The Morgan fingerprint density at radius 1 is 0.600 bits per heavy atom. The summed E-state index contributed by atoms with van der Waals surface area (Å²) in [6.07, 6.45) is 1.08. The summed E-state index contributed by atoms with van der Waals surface area (Å²) in [6, 6.07) is 27.3. The number of para-hydroxylation sites is 3. The molecule has 128 valence electrons. The molecule has 0 heterocycles. The Bertz CT molecular complexity index is 767. The van der Waals surface area contributed by atoms with E-state index >= 15 is 0 Å². The van der Waals surface area contributed by atoms with Crippen molar-refractivity contribution in [2.75, 3.05) is 22.6 Å². The van der Waals surface area contributed by atoms with Crippen LogP contribution in [0.4, 0.5) is 17.1 Å². The largest absolute Gasteiger partial charge is 0.379 e. The minimum absolute atomic E-state index is 0.675. The van der Waals surface area contributed by atoms with E-state index in [9.17, 15) is 0 Å². The topological polar surface area (TPSA) is 36.1 Å². The zero-order chi connectivity index (χ0) is 17.3. The van der Waals surface area contributed by atoms with E-state index in [0.29, 0.717) is 6.67 Å². The van der Waals surface area contributed by atoms with Crippen molar-refractivity contribution in [1.29, 1.82) is 0 Å². The molecule has 0 aliphatic heterocycles. The van der Waals surface area contributed by atoms with E-state index in [1.54, 1.807) is 0 Å². The fraction of sp³-hybridized carbons (Fsp3) is 0.182. The lowest BCUT2D eigenvalue weighted by atomic mass is 10.1. The molecule has 25 heavy (non-hydrogen) atoms. The third-order valence-corrected chi connectivity index (χ3v) is 4.19. The van der Waals surface area contributed by atoms with Crippen LogP contribution in [0, 0.1) is 0 Å². The van der Waals surface area contributed by atoms with Crippen LogP contribution in [0.1, 0.15) is 18.1 Å². The van der Waals surface area contributed by atoms with Gasteiger partial charge in [-0.15, -0.1) is 0 Å². The first-order chi connectivity index (χ1) is 12.3. The van der Waals surface area contributed by atoms with Gasteiger partial charge in [0.1, 0.15) is 0 Å². The molecule has 3 N–H and O–H groups in total. The molecule has 0 aromatic heterocycles. The predicted molar refractivity (Wildman–Crippen MR) is 108 cm³/mol. The van der Waals surface area contributed by atoms with Gasteiger partial charge in [0.15, 0.2) is 0 Å². The Morgan fingerprint density at radius 3 is 1.88 bits per heavy atom. The molecule has 3 aromatic rings. The second kappa shape index (κ2) is 8.78. The molecular formula is C22H25N3. The zero-order valence-corrected chi connectivity index (χ0v) is 14.6. The Hall–Kier alpha value is -2.94. The zero-order valence-electron chi connectivity index (χ0n) is 14.6. The first kappa shape index (κ1) is 16.9. The summed E-state index contributed by atoms with van der Waals surface area (Å²) < 4.78 is 0. The summed E-state index contributed by atoms with van der Waals surface area (Å²) in [5.41, 5.74) is 5.97. The number of nitrogens with one attached hydrogen (secondary N) is 3. The molecule has 3 aromatic carbocycles. The van der Waals surface area contributed by atoms with Crippen LogP contribution in [0.2, 0.25) is 0 Å². The van der Waals surface area contributed by atoms with Gasteiger partial charge < -0.3 is 16.0 Å². The highest BCUT2D eigenvalue weighted by Crippen LogP contribution is 2.21. The summed E-state index contributed by atoms with van der Waals surface area (Å²) >= 11 is 0. The van der Waals surface area contributed by atoms with E-state index in [4.69, 9.17) is 0 Å². The van der Waals surface area contributed by atoms with E-state index in [1.807, 2.05) is 24.3 Å². The third kappa shape index (κ3) is 5.01. The molecule has 0 aliphatic rings. The molecule has 0 radical (unpaired) electrons. The summed E-state index contributed by atoms with van der Waals surface area (Å²) in [5, 5.41) is 10.3. The number of hydrogen-bond donors (Lipinski definition) is 3. The van der Waals surface area contributed by atoms with Crippen molar-refractivity contribution in [3.63, 3.8) is 0 Å². The van der Waals surface area contributed by atoms with Gasteiger partial charge in [-0.1, -0.05) is 61.5 Å². The summed E-state index contributed by atoms with van der Waals surface area (Å²) in [4.78, 5) is 0. The minimum Gasteiger partial charge on any atom is -0.379 e. The predicted octanol–water partition coefficient (Wildman–Crippen LogP) is 5.34. The normalized spacial score (nSPS) is 10.3. The van der Waals surface area contributed by atoms with Crippen molar-refractivity contribution in [3.8, 4) is 0 Å². The molecule has 0 spiro atoms. The highest BCUT2D eigenvalue weighted by molar-refractivity contribution is 5.69. The number of anilines is 3. The number of rotatable bonds is 8. The van der Waals surface area contributed by atoms with Gasteiger partial charge in [-0.3, -0.25) is 0 Å². The highest BCUT2D eigenvalue weighted by Gasteiger charge is 2.01. The van der Waals surface area contributed by atoms with E-state index in [1.165, 1.54) is 11.1 Å². The summed E-state index contributed by atoms with van der Waals surface area (Å²) in [5.74, 6) is 0. The first-order valence-corrected chi connectivity index (χ1v) is 8.78. The number of hydrogen-bond acceptors (Lipinski definition) is 3. The van der Waals surface area contributed by atoms with Gasteiger partial charge in [0, 0.05) is 12.2 Å². The van der Waals surface area contributed by atoms with Gasteiger partial charge in [-0.05, 0) is 41.8 Å². The Morgan fingerprint density at radius 2 is 1.20 bits per heavy atom. The molecule has 3 nitrogen and oxygen atoms in total. The average molecular weight is 331 g/mol. The molecular weight excluding hydrogens is 306 g/mol. The molecule has 0 saturated heterocycles. The van der Waals surface area contributed by atoms with E-state index in [0.717, 1.165) is 30.0 Å². The molecule has 0 atom stereocenters. The minimum atomic E-state index is 0.675. The Labute approximate surface area is 150 Å². The van der Waals surface area contributed by atoms with Crippen LogP contribution in [0.3, 0.4) is 0 Å². The van der Waals surface area contributed by atoms with Gasteiger partial charge >= 0.3 is 0 Å². The maximum Gasteiger partial charge on any atom is 0.0850 e. The fourth-order valence-corrected chi connectivity index (χ4v) is 2.68. The fourth-order valence-electron chi connectivity index (χ4n) is 2.68. The van der Waals surface area contributed by atoms with Crippen LogP contribution >= 0.6 is 0 Å². The molecule has 3 heteroatoms. The quantitative estimate of drug-likeness (QED) is 0.487. The molecule has 0 amide bonds. The molecule has 3 rings (SSSR count). The smallest absolute Gasteiger partial charge is 0.0850 e. The van der Waals surface area contributed by atoms with Crippen LogP contribution in [0.15, 0.2) is 78.9 Å². The second-order valence-electron chi connectivity index (χ2n) is 5.97. The van der Waals surface area contributed by atoms with Crippen LogP contribution in [0.5, 0.6) is 0 Å². The third-order valence-electron chi connectivity index (χ3n) is 4.19. The van der Waals surface area contributed by atoms with Crippen LogP contribution in [-0.4, -0.2) is 6.67 Å². The molecule has 0 unspecified atom stereocenters. The summed E-state index contributed by atoms with van der Waals surface area (Å²) in [7, 11) is 0. The lowest BCUT2D eigenvalue weighted by Crippen LogP contribution is -2.13. The lowest BCUT2D eigenvalue weighted by molar-refractivity contribution is 1.10. The van der Waals surface area contributed by atoms with E-state index in [2.05, 4.69) is 77.5 Å². The van der Waals surface area contributed by atoms with Gasteiger partial charge in [0.25, 0.3) is 0 Å². The second-order valence-corrected chi connectivity index (χ2v) is 5.97. The van der Waals surface area contributed by atoms with Gasteiger partial charge in [0.2, 0.25) is 0 Å². The van der Waals surface area contributed by atoms with Crippen molar-refractivity contribution in [2.24, 2.45) is 0 Å². The maximum atomic E-state index is 3.53. The molecule has 0 fully saturated rings.